The van der Waals surface area contributed by atoms with Crippen LogP contribution >= 0.6 is 0 Å². The average molecular weight is 210 g/mol. The van der Waals surface area contributed by atoms with Crippen molar-refractivity contribution in [1.82, 2.24) is 0 Å². The summed E-state index contributed by atoms with van der Waals surface area (Å²) in [7, 11) is 0.0669. The molecule has 6 nitrogen and oxygen atoms in total. The predicted octanol–water partition coefficient (Wildman–Crippen LogP) is -4.53. The van der Waals surface area contributed by atoms with Crippen molar-refractivity contribution in [1.29, 1.82) is 0 Å². The molecule has 1 aliphatic heterocycles. The molecule has 1 rings (SSSR count). The molecule has 0 aromatic rings. The molecule has 1 aliphatic rings. The Bertz CT molecular complexity index is 184. The van der Waals surface area contributed by atoms with Gasteiger partial charge in [0.15, 0.2) is 5.41 Å². The van der Waals surface area contributed by atoms with E-state index in [0.717, 1.165) is 0 Å². The number of aliphatic hydroxyl groups is 5. The lowest BCUT2D eigenvalue weighted by molar-refractivity contribution is -0.310. The normalized spacial score (nSPS) is 52.4. The highest BCUT2D eigenvalue weighted by Gasteiger charge is 2.49. The Hall–Kier alpha value is -0.0231. The summed E-state index contributed by atoms with van der Waals surface area (Å²) in [5.74, 6) is 0. The third-order valence-electron chi connectivity index (χ3n) is 2.17. The fraction of sp³-hybridized carbons (Fsp3) is 1.00. The highest BCUT2D eigenvalue weighted by Crippen LogP contribution is 2.25. The van der Waals surface area contributed by atoms with Crippen LogP contribution < -0.4 is 0 Å². The van der Waals surface area contributed by atoms with Gasteiger partial charge in [-0.05, 0) is 0 Å². The number of rotatable bonds is 1. The Morgan fingerprint density at radius 1 is 1.23 bits per heavy atom. The van der Waals surface area contributed by atoms with E-state index in [9.17, 15) is 20.4 Å². The molecule has 1 heterocycles. The zero-order valence-electron chi connectivity index (χ0n) is 7.16. The van der Waals surface area contributed by atoms with Crippen molar-refractivity contribution in [2.24, 2.45) is 0 Å². The summed E-state index contributed by atoms with van der Waals surface area (Å²) < 4.78 is 4.83. The van der Waals surface area contributed by atoms with Crippen LogP contribution in [0.25, 0.3) is 0 Å². The lowest BCUT2D eigenvalue weighted by atomic mass is 9.99. The van der Waals surface area contributed by atoms with Crippen molar-refractivity contribution in [2.75, 3.05) is 6.61 Å². The van der Waals surface area contributed by atoms with Gasteiger partial charge in [0.25, 0.3) is 0 Å². The standard InChI is InChI=1S/C6H14O6Si/c7-1-2-3(8)4(9)5(10)6(11,13)12-2/h2-5,7-11H,1H2,13H3/t2-,3-,4+,5-,6+/m1/s1. The molecule has 5 N–H and O–H groups in total. The third kappa shape index (κ3) is 1.91. The summed E-state index contributed by atoms with van der Waals surface area (Å²) in [4.78, 5) is 0. The Balaban J connectivity index is 2.79. The van der Waals surface area contributed by atoms with E-state index in [1.165, 1.54) is 0 Å². The fourth-order valence-electron chi connectivity index (χ4n) is 1.31. The molecule has 78 valence electrons. The molecule has 0 radical (unpaired) electrons. The van der Waals surface area contributed by atoms with Crippen LogP contribution in [0.1, 0.15) is 0 Å². The third-order valence-corrected chi connectivity index (χ3v) is 3.00. The predicted molar refractivity (Wildman–Crippen MR) is 44.9 cm³/mol. The van der Waals surface area contributed by atoms with Crippen LogP contribution in [-0.4, -0.2) is 72.2 Å². The molecule has 0 spiro atoms. The van der Waals surface area contributed by atoms with Gasteiger partial charge in [-0.25, -0.2) is 0 Å². The van der Waals surface area contributed by atoms with Gasteiger partial charge < -0.3 is 30.3 Å². The van der Waals surface area contributed by atoms with Gasteiger partial charge in [0.2, 0.25) is 0 Å². The fourth-order valence-corrected chi connectivity index (χ4v) is 1.96. The van der Waals surface area contributed by atoms with Gasteiger partial charge in [-0.2, -0.15) is 0 Å². The Kier molecular flexibility index (Phi) is 3.07. The van der Waals surface area contributed by atoms with Gasteiger partial charge in [0.1, 0.15) is 24.4 Å². The van der Waals surface area contributed by atoms with Crippen molar-refractivity contribution < 1.29 is 30.3 Å². The molecule has 5 atom stereocenters. The van der Waals surface area contributed by atoms with Crippen LogP contribution in [0.15, 0.2) is 0 Å². The first-order chi connectivity index (χ1) is 5.90. The van der Waals surface area contributed by atoms with Crippen molar-refractivity contribution in [2.45, 2.75) is 29.8 Å². The van der Waals surface area contributed by atoms with Crippen molar-refractivity contribution in [3.63, 3.8) is 0 Å². The first kappa shape index (κ1) is 11.1. The molecule has 0 amide bonds. The van der Waals surface area contributed by atoms with Crippen molar-refractivity contribution >= 4 is 10.2 Å². The van der Waals surface area contributed by atoms with Gasteiger partial charge >= 0.3 is 0 Å². The second-order valence-corrected chi connectivity index (χ2v) is 4.75. The van der Waals surface area contributed by atoms with E-state index >= 15 is 0 Å². The zero-order chi connectivity index (χ0) is 10.2. The van der Waals surface area contributed by atoms with Crippen LogP contribution in [0.5, 0.6) is 0 Å². The molecule has 0 saturated carbocycles. The monoisotopic (exact) mass is 210 g/mol. The highest BCUT2D eigenvalue weighted by molar-refractivity contribution is 6.13. The lowest BCUT2D eigenvalue weighted by Gasteiger charge is -2.43. The van der Waals surface area contributed by atoms with Gasteiger partial charge in [-0.15, -0.1) is 0 Å². The average Bonchev–Trinajstić information content (AvgIpc) is 2.08. The van der Waals surface area contributed by atoms with Crippen LogP contribution in [0.3, 0.4) is 0 Å². The molecular weight excluding hydrogens is 196 g/mol. The van der Waals surface area contributed by atoms with E-state index in [4.69, 9.17) is 9.84 Å². The lowest BCUT2D eigenvalue weighted by Crippen LogP contribution is -2.65. The van der Waals surface area contributed by atoms with E-state index < -0.39 is 36.4 Å². The van der Waals surface area contributed by atoms with E-state index in [2.05, 4.69) is 0 Å². The van der Waals surface area contributed by atoms with Crippen LogP contribution in [0.4, 0.5) is 0 Å². The maximum Gasteiger partial charge on any atom is 0.166 e. The maximum atomic E-state index is 9.44. The summed E-state index contributed by atoms with van der Waals surface area (Å²) in [6, 6.07) is 0. The summed E-state index contributed by atoms with van der Waals surface area (Å²) in [6.45, 7) is -0.518. The number of ether oxygens (including phenoxy) is 1. The molecule has 0 aliphatic carbocycles. The molecule has 0 bridgehead atoms. The minimum absolute atomic E-state index is 0.0669. The SMILES string of the molecule is OC[C@H]1O[C@](O)([SiH3])[C@H](O)[C@@H](O)[C@@H]1O. The maximum absolute atomic E-state index is 9.44. The smallest absolute Gasteiger partial charge is 0.166 e. The number of aliphatic hydroxyl groups excluding tert-OH is 4. The second kappa shape index (κ2) is 3.62. The number of hydrogen-bond acceptors (Lipinski definition) is 6. The van der Waals surface area contributed by atoms with E-state index in [1.54, 1.807) is 0 Å². The van der Waals surface area contributed by atoms with Crippen LogP contribution in [0.2, 0.25) is 0 Å². The second-order valence-electron chi connectivity index (χ2n) is 3.32. The topological polar surface area (TPSA) is 110 Å². The van der Waals surface area contributed by atoms with Gasteiger partial charge in [-0.1, -0.05) is 0 Å². The van der Waals surface area contributed by atoms with Crippen molar-refractivity contribution in [3.05, 3.63) is 0 Å². The van der Waals surface area contributed by atoms with Crippen LogP contribution in [0, 0.1) is 0 Å². The molecule has 0 aromatic heterocycles. The largest absolute Gasteiger partial charge is 0.394 e. The minimum Gasteiger partial charge on any atom is -0.394 e. The van der Waals surface area contributed by atoms with E-state index in [0.29, 0.717) is 0 Å². The molecule has 7 heteroatoms. The van der Waals surface area contributed by atoms with E-state index in [-0.39, 0.29) is 10.2 Å². The molecule has 1 saturated heterocycles. The van der Waals surface area contributed by atoms with Crippen molar-refractivity contribution in [3.8, 4) is 0 Å². The first-order valence-corrected chi connectivity index (χ1v) is 4.95. The Labute approximate surface area is 77.8 Å². The minimum atomic E-state index is -1.81. The number of hydrogen-bond donors (Lipinski definition) is 5. The summed E-state index contributed by atoms with van der Waals surface area (Å²) in [5.41, 5.74) is -1.81. The summed E-state index contributed by atoms with van der Waals surface area (Å²) in [6.07, 6.45) is -5.46. The molecular formula is C6H14O6Si. The zero-order valence-corrected chi connectivity index (χ0v) is 9.16. The van der Waals surface area contributed by atoms with Crippen LogP contribution in [-0.2, 0) is 4.74 Å². The van der Waals surface area contributed by atoms with E-state index in [1.807, 2.05) is 0 Å². The first-order valence-electron chi connectivity index (χ1n) is 3.95. The highest BCUT2D eigenvalue weighted by atomic mass is 28.1. The molecule has 0 aromatic carbocycles. The van der Waals surface area contributed by atoms with Gasteiger partial charge in [0.05, 0.1) is 16.8 Å². The van der Waals surface area contributed by atoms with Gasteiger partial charge in [-0.3, -0.25) is 0 Å². The summed E-state index contributed by atoms with van der Waals surface area (Å²) in [5, 5.41) is 45.9. The summed E-state index contributed by atoms with van der Waals surface area (Å²) >= 11 is 0. The van der Waals surface area contributed by atoms with Gasteiger partial charge in [0, 0.05) is 0 Å². The molecule has 13 heavy (non-hydrogen) atoms. The quantitative estimate of drug-likeness (QED) is 0.279. The molecule has 1 fully saturated rings. The Morgan fingerprint density at radius 3 is 2.23 bits per heavy atom. The molecule has 0 unspecified atom stereocenters. The Morgan fingerprint density at radius 2 is 1.77 bits per heavy atom.